The molecule has 6 N–H and O–H groups in total. The lowest BCUT2D eigenvalue weighted by molar-refractivity contribution is -0.0378. The van der Waals surface area contributed by atoms with Crippen LogP contribution in [0.4, 0.5) is 43.8 Å². The van der Waals surface area contributed by atoms with E-state index in [4.69, 9.17) is 73.2 Å². The molecule has 3 aliphatic carbocycles. The van der Waals surface area contributed by atoms with Gasteiger partial charge in [-0.05, 0) is 62.8 Å². The maximum atomic E-state index is 13.4. The molecule has 38 heteroatoms. The molecule has 0 amide bonds. The molecular formula is C55H69Cl6F6N21O4S. The van der Waals surface area contributed by atoms with E-state index < -0.39 is 27.6 Å². The van der Waals surface area contributed by atoms with Crippen LogP contribution in [0.3, 0.4) is 0 Å². The number of nitrogens with two attached hydrogens (primary N) is 1. The van der Waals surface area contributed by atoms with Crippen molar-refractivity contribution in [3.8, 4) is 17.8 Å². The maximum Gasteiger partial charge on any atom is 0.254 e. The summed E-state index contributed by atoms with van der Waals surface area (Å²) in [5, 5.41) is 28.6. The number of aromatic nitrogens is 16. The van der Waals surface area contributed by atoms with Gasteiger partial charge < -0.3 is 36.1 Å². The molecule has 13 rings (SSSR count). The number of H-pyrrole nitrogens is 1. The number of sulfone groups is 1. The van der Waals surface area contributed by atoms with Gasteiger partial charge in [-0.15, -0.1) is 12.4 Å². The van der Waals surface area contributed by atoms with Gasteiger partial charge in [-0.1, -0.05) is 58.0 Å². The fourth-order valence-corrected chi connectivity index (χ4v) is 10.5. The standard InChI is InChI=1S/C17H22F2N6O.C13H14ClF2N5.C7H4Cl2N4.C6H11F2N.C5H4Cl2N2O2S.C4H9NO.C3H4N2.ClH/c18-17(19)4-2-13(3-5-17)21-14-12-15(24-8-10-26-11-9-24)23-16(22-14)25-7-1-6-20-25;14-10-8-11(18-9-2-4-13(15,16)5-3-9)20-12(19-10)21-7-1-6-17-21;8-5-4-6(9)12-7(11-5)13-3-1-2-10-13;7-6(8)3-1-5(9)2-4-6;1-12(10,11)5-8-3(6)2-4(7)9-5;1-3-6-4-2-5-1;1-2-4-5-3-1;/h1,6-7,12-13H,2-5,8-11H2,(H,21,22,23);1,6-9H,2-5H2,(H,18,19,20);1-4H;5H,1-4,9H2;2H,1H3;5H,1-4H2;1-3H,(H,4,5);1H. The lowest BCUT2D eigenvalue weighted by Crippen LogP contribution is -2.37. The van der Waals surface area contributed by atoms with E-state index in [9.17, 15) is 34.8 Å². The van der Waals surface area contributed by atoms with Gasteiger partial charge in [-0.2, -0.15) is 50.3 Å². The Hall–Kier alpha value is -6.33. The van der Waals surface area contributed by atoms with Crippen LogP contribution in [0, 0.1) is 0 Å². The number of hydrogen-bond donors (Lipinski definition) is 5. The van der Waals surface area contributed by atoms with Crippen LogP contribution in [-0.2, 0) is 19.3 Å². The van der Waals surface area contributed by atoms with Crippen molar-refractivity contribution in [2.75, 3.05) is 74.4 Å². The van der Waals surface area contributed by atoms with E-state index in [1.54, 1.807) is 78.5 Å². The van der Waals surface area contributed by atoms with Gasteiger partial charge in [0.05, 0.1) is 26.4 Å². The Balaban J connectivity index is 0.000000183. The first-order valence-corrected chi connectivity index (χ1v) is 32.6. The summed E-state index contributed by atoms with van der Waals surface area (Å²) in [5.41, 5.74) is 5.42. The molecular weight excluding hydrogens is 1380 g/mol. The average molecular weight is 1450 g/mol. The zero-order chi connectivity index (χ0) is 66.2. The van der Waals surface area contributed by atoms with Crippen LogP contribution in [0.25, 0.3) is 17.8 Å². The van der Waals surface area contributed by atoms with Gasteiger partial charge in [0.1, 0.15) is 43.2 Å². The summed E-state index contributed by atoms with van der Waals surface area (Å²) in [7, 11) is -3.44. The summed E-state index contributed by atoms with van der Waals surface area (Å²) in [6, 6.07) is 13.3. The summed E-state index contributed by atoms with van der Waals surface area (Å²) in [6.45, 7) is 6.65. The van der Waals surface area contributed by atoms with Gasteiger partial charge in [-0.25, -0.2) is 58.8 Å². The number of aromatic amines is 1. The molecule has 2 saturated heterocycles. The molecule has 8 aromatic heterocycles. The monoisotopic (exact) mass is 1440 g/mol. The lowest BCUT2D eigenvalue weighted by atomic mass is 9.92. The number of ether oxygens (including phenoxy) is 2. The fraction of sp³-hybridized carbons (Fsp3) is 0.491. The third-order valence-corrected chi connectivity index (χ3v) is 15.4. The van der Waals surface area contributed by atoms with Crippen LogP contribution in [0.5, 0.6) is 0 Å². The van der Waals surface area contributed by atoms with E-state index in [1.807, 2.05) is 12.1 Å². The first-order chi connectivity index (χ1) is 43.9. The topological polar surface area (TPSA) is 303 Å². The van der Waals surface area contributed by atoms with Crippen LogP contribution in [0.15, 0.2) is 103 Å². The normalized spacial score (nSPS) is 17.7. The number of hydrogen-bond acceptors (Lipinski definition) is 21. The molecule has 0 atom stereocenters. The number of rotatable bonds is 9. The van der Waals surface area contributed by atoms with Gasteiger partial charge in [0.2, 0.25) is 32.8 Å². The van der Waals surface area contributed by atoms with Crippen LogP contribution >= 0.6 is 70.4 Å². The Bertz CT molecular complexity index is 3460. The Kier molecular flexibility index (Phi) is 30.2. The number of nitrogens with zero attached hydrogens (tertiary/aromatic N) is 16. The number of halogens is 12. The second-order valence-electron chi connectivity index (χ2n) is 21.0. The van der Waals surface area contributed by atoms with Crippen molar-refractivity contribution in [3.63, 3.8) is 0 Å². The largest absolute Gasteiger partial charge is 0.379 e. The van der Waals surface area contributed by atoms with Gasteiger partial charge in [0.15, 0.2) is 0 Å². The van der Waals surface area contributed by atoms with E-state index in [-0.39, 0.29) is 89.7 Å². The molecule has 0 spiro atoms. The van der Waals surface area contributed by atoms with Crippen LogP contribution < -0.4 is 26.6 Å². The summed E-state index contributed by atoms with van der Waals surface area (Å²) in [4.78, 5) is 34.6. The third kappa shape index (κ3) is 27.5. The van der Waals surface area contributed by atoms with E-state index >= 15 is 0 Å². The second-order valence-corrected chi connectivity index (χ2v) is 24.8. The Morgan fingerprint density at radius 3 is 1.29 bits per heavy atom. The maximum absolute atomic E-state index is 13.4. The Morgan fingerprint density at radius 2 is 0.935 bits per heavy atom. The number of morpholine rings is 2. The quantitative estimate of drug-likeness (QED) is 0.0509. The molecule has 25 nitrogen and oxygen atoms in total. The highest BCUT2D eigenvalue weighted by Crippen LogP contribution is 2.36. The molecule has 3 saturated carbocycles. The summed E-state index contributed by atoms with van der Waals surface area (Å²) in [5.74, 6) is -4.38. The zero-order valence-electron chi connectivity index (χ0n) is 50.0. The fourth-order valence-electron chi connectivity index (χ4n) is 8.89. The molecule has 508 valence electrons. The number of anilines is 3. The van der Waals surface area contributed by atoms with Crippen LogP contribution in [0.2, 0.25) is 25.8 Å². The molecule has 0 radical (unpaired) electrons. The van der Waals surface area contributed by atoms with E-state index in [1.165, 1.54) is 21.5 Å². The molecule has 0 bridgehead atoms. The van der Waals surface area contributed by atoms with Crippen molar-refractivity contribution in [3.05, 3.63) is 124 Å². The smallest absolute Gasteiger partial charge is 0.254 e. The van der Waals surface area contributed by atoms with Gasteiger partial charge >= 0.3 is 0 Å². The van der Waals surface area contributed by atoms with E-state index in [0.717, 1.165) is 51.5 Å². The predicted octanol–water partition coefficient (Wildman–Crippen LogP) is 10.9. The Labute approximate surface area is 563 Å². The Morgan fingerprint density at radius 1 is 0.538 bits per heavy atom. The molecule has 8 aromatic rings. The van der Waals surface area contributed by atoms with Gasteiger partial charge in [-0.3, -0.25) is 5.10 Å². The van der Waals surface area contributed by atoms with Crippen LogP contribution in [-0.4, -0.2) is 183 Å². The van der Waals surface area contributed by atoms with E-state index in [2.05, 4.69) is 86.2 Å². The van der Waals surface area contributed by atoms with Gasteiger partial charge in [0, 0.05) is 163 Å². The molecule has 5 fully saturated rings. The van der Waals surface area contributed by atoms with E-state index in [0.29, 0.717) is 91.5 Å². The second kappa shape index (κ2) is 37.1. The lowest BCUT2D eigenvalue weighted by Gasteiger charge is -2.30. The minimum absolute atomic E-state index is 0. The SMILES string of the molecule is C1COCCN1.CS(=O)(=O)c1nc(Cl)cc(Cl)n1.Cl.Clc1cc(Cl)nc(-n2cccn2)n1.FC1(F)CCC(Nc2cc(Cl)nc(-n3cccn3)n2)CC1.FC1(F)CCC(Nc2cc(N3CCOCC3)nc(-n3cccn3)n2)CC1.NC1CCC(F)(F)CC1.c1cn[nH]c1. The van der Waals surface area contributed by atoms with Crippen molar-refractivity contribution in [2.24, 2.45) is 5.73 Å². The highest BCUT2D eigenvalue weighted by molar-refractivity contribution is 7.90. The van der Waals surface area contributed by atoms with Crippen LogP contribution in [0.1, 0.15) is 77.0 Å². The van der Waals surface area contributed by atoms with Crippen molar-refractivity contribution in [2.45, 2.75) is 118 Å². The molecule has 0 unspecified atom stereocenters. The average Bonchev–Trinajstić information content (AvgIpc) is 1.79. The number of nitrogens with one attached hydrogen (secondary N) is 4. The summed E-state index contributed by atoms with van der Waals surface area (Å²) < 4.78 is 114. The van der Waals surface area contributed by atoms with Crippen molar-refractivity contribution < 1.29 is 44.2 Å². The summed E-state index contributed by atoms with van der Waals surface area (Å²) >= 11 is 28.3. The number of alkyl halides is 6. The van der Waals surface area contributed by atoms with Gasteiger partial charge in [0.25, 0.3) is 17.8 Å². The highest BCUT2D eigenvalue weighted by atomic mass is 35.5. The first kappa shape index (κ1) is 75.7. The molecule has 10 heterocycles. The van der Waals surface area contributed by atoms with Crippen molar-refractivity contribution >= 4 is 97.7 Å². The summed E-state index contributed by atoms with van der Waals surface area (Å²) in [6.07, 6.45) is 16.8. The molecule has 93 heavy (non-hydrogen) atoms. The molecule has 2 aliphatic heterocycles. The minimum atomic E-state index is -3.44. The third-order valence-electron chi connectivity index (χ3n) is 13.6. The van der Waals surface area contributed by atoms with Crippen molar-refractivity contribution in [1.29, 1.82) is 0 Å². The zero-order valence-corrected chi connectivity index (χ0v) is 55.4. The minimum Gasteiger partial charge on any atom is -0.379 e. The van der Waals surface area contributed by atoms with Crippen molar-refractivity contribution in [1.82, 2.24) is 84.7 Å². The first-order valence-electron chi connectivity index (χ1n) is 28.9. The molecule has 5 aliphatic rings. The highest BCUT2D eigenvalue weighted by Gasteiger charge is 2.37. The molecule has 0 aromatic carbocycles. The predicted molar refractivity (Wildman–Crippen MR) is 343 cm³/mol.